The lowest BCUT2D eigenvalue weighted by molar-refractivity contribution is -0.117. The molecule has 1 unspecified atom stereocenters. The Balaban J connectivity index is 1.36. The van der Waals surface area contributed by atoms with E-state index in [4.69, 9.17) is 14.2 Å². The van der Waals surface area contributed by atoms with Gasteiger partial charge in [-0.25, -0.2) is 0 Å². The van der Waals surface area contributed by atoms with Crippen molar-refractivity contribution in [2.45, 2.75) is 13.0 Å². The summed E-state index contributed by atoms with van der Waals surface area (Å²) in [6.45, 7) is 1.71. The molecule has 2 N–H and O–H groups in total. The molecule has 2 heterocycles. The molecule has 1 aliphatic rings. The fourth-order valence-corrected chi connectivity index (χ4v) is 3.47. The highest BCUT2D eigenvalue weighted by Crippen LogP contribution is 2.32. The number of nitrogens with zero attached hydrogens (tertiary/aromatic N) is 2. The van der Waals surface area contributed by atoms with Crippen LogP contribution >= 0.6 is 11.3 Å². The number of hydrogen-bond acceptors (Lipinski definition) is 8. The Morgan fingerprint density at radius 3 is 2.63 bits per heavy atom. The van der Waals surface area contributed by atoms with Gasteiger partial charge in [0, 0.05) is 11.1 Å². The summed E-state index contributed by atoms with van der Waals surface area (Å²) in [6, 6.07) is 11.4. The van der Waals surface area contributed by atoms with E-state index in [0.29, 0.717) is 27.2 Å². The molecule has 1 aliphatic heterocycles. The van der Waals surface area contributed by atoms with Gasteiger partial charge < -0.3 is 19.5 Å². The molecule has 0 radical (unpaired) electrons. The first-order chi connectivity index (χ1) is 14.5. The lowest BCUT2D eigenvalue weighted by Crippen LogP contribution is -2.41. The molecule has 10 heteroatoms. The molecule has 0 saturated carbocycles. The zero-order valence-electron chi connectivity index (χ0n) is 16.2. The first kappa shape index (κ1) is 19.6. The molecule has 9 nitrogen and oxygen atoms in total. The lowest BCUT2D eigenvalue weighted by atomic mass is 10.1. The second-order valence-electron chi connectivity index (χ2n) is 6.39. The average molecular weight is 426 g/mol. The Morgan fingerprint density at radius 2 is 1.87 bits per heavy atom. The normalized spacial score (nSPS) is 12.9. The van der Waals surface area contributed by atoms with Crippen molar-refractivity contribution in [3.05, 3.63) is 48.0 Å². The number of carbonyl (C=O) groups excluding carboxylic acids is 2. The molecule has 4 rings (SSSR count). The Labute approximate surface area is 176 Å². The Bertz CT molecular complexity index is 1080. The largest absolute Gasteiger partial charge is 0.497 e. The van der Waals surface area contributed by atoms with Crippen molar-refractivity contribution in [3.8, 4) is 27.8 Å². The van der Waals surface area contributed by atoms with Crippen molar-refractivity contribution in [2.24, 2.45) is 0 Å². The van der Waals surface area contributed by atoms with Crippen LogP contribution < -0.4 is 24.8 Å². The summed E-state index contributed by atoms with van der Waals surface area (Å²) >= 11 is 1.24. The number of anilines is 1. The smallest absolute Gasteiger partial charge is 0.252 e. The van der Waals surface area contributed by atoms with E-state index in [1.807, 2.05) is 24.3 Å². The summed E-state index contributed by atoms with van der Waals surface area (Å²) < 4.78 is 15.6. The highest BCUT2D eigenvalue weighted by Gasteiger charge is 2.21. The molecule has 0 aliphatic carbocycles. The number of amides is 2. The number of benzene rings is 2. The van der Waals surface area contributed by atoms with Gasteiger partial charge in [-0.05, 0) is 49.4 Å². The standard InChI is InChI=1S/C20H18N4O5S/c1-11(21-18(26)13-5-8-15-16(9-13)29-10-28-15)17(25)22-20-24-23-19(30-20)12-3-6-14(27-2)7-4-12/h3-9,11H,10H2,1-2H3,(H,21,26)(H,22,24,25). The third-order valence-corrected chi connectivity index (χ3v) is 5.26. The molecular weight excluding hydrogens is 408 g/mol. The minimum Gasteiger partial charge on any atom is -0.497 e. The first-order valence-electron chi connectivity index (χ1n) is 9.03. The fourth-order valence-electron chi connectivity index (χ4n) is 2.72. The van der Waals surface area contributed by atoms with Crippen LogP contribution in [-0.2, 0) is 4.79 Å². The Morgan fingerprint density at radius 1 is 1.10 bits per heavy atom. The van der Waals surface area contributed by atoms with E-state index in [-0.39, 0.29) is 6.79 Å². The third kappa shape index (κ3) is 4.18. The van der Waals surface area contributed by atoms with Crippen LogP contribution in [0, 0.1) is 0 Å². The predicted molar refractivity (Wildman–Crippen MR) is 110 cm³/mol. The van der Waals surface area contributed by atoms with Crippen molar-refractivity contribution in [2.75, 3.05) is 19.2 Å². The summed E-state index contributed by atoms with van der Waals surface area (Å²) in [5.41, 5.74) is 1.23. The monoisotopic (exact) mass is 426 g/mol. The van der Waals surface area contributed by atoms with Crippen LogP contribution in [-0.4, -0.2) is 42.0 Å². The van der Waals surface area contributed by atoms with Crippen LogP contribution in [0.4, 0.5) is 5.13 Å². The number of fused-ring (bicyclic) bond motifs is 1. The van der Waals surface area contributed by atoms with E-state index in [1.54, 1.807) is 32.2 Å². The zero-order chi connectivity index (χ0) is 21.1. The molecule has 154 valence electrons. The van der Waals surface area contributed by atoms with Gasteiger partial charge in [0.1, 0.15) is 16.8 Å². The van der Waals surface area contributed by atoms with Crippen LogP contribution in [0.5, 0.6) is 17.2 Å². The molecule has 0 spiro atoms. The molecular formula is C20H18N4O5S. The molecule has 2 aromatic carbocycles. The minimum absolute atomic E-state index is 0.125. The molecule has 30 heavy (non-hydrogen) atoms. The van der Waals surface area contributed by atoms with Crippen molar-refractivity contribution >= 4 is 28.3 Å². The second-order valence-corrected chi connectivity index (χ2v) is 7.37. The summed E-state index contributed by atoms with van der Waals surface area (Å²) in [7, 11) is 1.60. The van der Waals surface area contributed by atoms with Crippen LogP contribution in [0.15, 0.2) is 42.5 Å². The topological polar surface area (TPSA) is 112 Å². The lowest BCUT2D eigenvalue weighted by Gasteiger charge is -2.13. The highest BCUT2D eigenvalue weighted by molar-refractivity contribution is 7.18. The van der Waals surface area contributed by atoms with Gasteiger partial charge in [-0.3, -0.25) is 14.9 Å². The van der Waals surface area contributed by atoms with Crippen LogP contribution in [0.3, 0.4) is 0 Å². The van der Waals surface area contributed by atoms with Crippen molar-refractivity contribution < 1.29 is 23.8 Å². The van der Waals surface area contributed by atoms with Crippen LogP contribution in [0.1, 0.15) is 17.3 Å². The van der Waals surface area contributed by atoms with Gasteiger partial charge in [-0.1, -0.05) is 11.3 Å². The van der Waals surface area contributed by atoms with E-state index in [0.717, 1.165) is 11.3 Å². The molecule has 0 fully saturated rings. The molecule has 2 amide bonds. The second kappa shape index (κ2) is 8.37. The molecule has 0 bridgehead atoms. The number of ether oxygens (including phenoxy) is 3. The van der Waals surface area contributed by atoms with Crippen LogP contribution in [0.25, 0.3) is 10.6 Å². The molecule has 3 aromatic rings. The molecule has 1 aromatic heterocycles. The van der Waals surface area contributed by atoms with E-state index < -0.39 is 17.9 Å². The predicted octanol–water partition coefficient (Wildman–Crippen LogP) is 2.70. The fraction of sp³-hybridized carbons (Fsp3) is 0.200. The van der Waals surface area contributed by atoms with Gasteiger partial charge in [0.2, 0.25) is 17.8 Å². The summed E-state index contributed by atoms with van der Waals surface area (Å²) in [5.74, 6) is 1.03. The van der Waals surface area contributed by atoms with Gasteiger partial charge in [-0.15, -0.1) is 10.2 Å². The number of rotatable bonds is 6. The SMILES string of the molecule is COc1ccc(-c2nnc(NC(=O)C(C)NC(=O)c3ccc4c(c3)OCO4)s2)cc1. The Hall–Kier alpha value is -3.66. The van der Waals surface area contributed by atoms with Crippen molar-refractivity contribution in [1.29, 1.82) is 0 Å². The average Bonchev–Trinajstić information content (AvgIpc) is 3.42. The minimum atomic E-state index is -0.781. The number of aromatic nitrogens is 2. The van der Waals surface area contributed by atoms with Crippen LogP contribution in [0.2, 0.25) is 0 Å². The van der Waals surface area contributed by atoms with Gasteiger partial charge in [-0.2, -0.15) is 0 Å². The number of nitrogens with one attached hydrogen (secondary N) is 2. The van der Waals surface area contributed by atoms with E-state index >= 15 is 0 Å². The van der Waals surface area contributed by atoms with E-state index in [1.165, 1.54) is 11.3 Å². The van der Waals surface area contributed by atoms with E-state index in [2.05, 4.69) is 20.8 Å². The van der Waals surface area contributed by atoms with Crippen molar-refractivity contribution in [3.63, 3.8) is 0 Å². The summed E-state index contributed by atoms with van der Waals surface area (Å²) in [4.78, 5) is 24.9. The third-order valence-electron chi connectivity index (χ3n) is 4.37. The van der Waals surface area contributed by atoms with Crippen molar-refractivity contribution in [1.82, 2.24) is 15.5 Å². The maximum atomic E-state index is 12.4. The van der Waals surface area contributed by atoms with E-state index in [9.17, 15) is 9.59 Å². The number of methoxy groups -OCH3 is 1. The maximum Gasteiger partial charge on any atom is 0.252 e. The van der Waals surface area contributed by atoms with Gasteiger partial charge in [0.25, 0.3) is 5.91 Å². The van der Waals surface area contributed by atoms with Gasteiger partial charge >= 0.3 is 0 Å². The number of carbonyl (C=O) groups is 2. The number of hydrogen-bond donors (Lipinski definition) is 2. The molecule has 0 saturated heterocycles. The quantitative estimate of drug-likeness (QED) is 0.623. The van der Waals surface area contributed by atoms with Gasteiger partial charge in [0.15, 0.2) is 11.5 Å². The first-order valence-corrected chi connectivity index (χ1v) is 9.84. The summed E-state index contributed by atoms with van der Waals surface area (Å²) in [5, 5.41) is 14.4. The summed E-state index contributed by atoms with van der Waals surface area (Å²) in [6.07, 6.45) is 0. The Kier molecular flexibility index (Phi) is 5.48. The maximum absolute atomic E-state index is 12.4. The highest BCUT2D eigenvalue weighted by atomic mass is 32.1. The van der Waals surface area contributed by atoms with Gasteiger partial charge in [0.05, 0.1) is 7.11 Å². The zero-order valence-corrected chi connectivity index (χ0v) is 17.0. The molecule has 1 atom stereocenters.